The van der Waals surface area contributed by atoms with Gasteiger partial charge in [0.15, 0.2) is 5.78 Å². The molecule has 1 aliphatic rings. The van der Waals surface area contributed by atoms with E-state index in [1.54, 1.807) is 36.4 Å². The van der Waals surface area contributed by atoms with Crippen LogP contribution in [0.4, 0.5) is 20.6 Å². The number of halogens is 2. The SMILES string of the molecule is CC(=O)c1cccc(NC(=O)Nc2c(C)ccc(C(=O)O)c2C(C)N2CCC(Cc3ccc(F)cc3)CC2)c1.Cl. The molecule has 1 fully saturated rings. The molecule has 3 aromatic carbocycles. The molecule has 1 saturated heterocycles. The molecule has 1 atom stereocenters. The molecular weight excluding hydrogens is 533 g/mol. The lowest BCUT2D eigenvalue weighted by Crippen LogP contribution is -2.37. The minimum atomic E-state index is -1.05. The molecule has 3 N–H and O–H groups in total. The van der Waals surface area contributed by atoms with Crippen molar-refractivity contribution in [3.05, 3.63) is 94.3 Å². The number of anilines is 2. The molecule has 1 unspecified atom stereocenters. The fraction of sp³-hybridized carbons (Fsp3) is 0.323. The van der Waals surface area contributed by atoms with Crippen LogP contribution in [-0.2, 0) is 6.42 Å². The van der Waals surface area contributed by atoms with Crippen LogP contribution >= 0.6 is 12.4 Å². The Morgan fingerprint density at radius 1 is 1.02 bits per heavy atom. The van der Waals surface area contributed by atoms with Crippen LogP contribution in [0.1, 0.15) is 70.1 Å². The van der Waals surface area contributed by atoms with Gasteiger partial charge in [-0.15, -0.1) is 12.4 Å². The fourth-order valence-corrected chi connectivity index (χ4v) is 5.29. The summed E-state index contributed by atoms with van der Waals surface area (Å²) in [5, 5.41) is 15.6. The second-order valence-electron chi connectivity index (χ2n) is 10.2. The average molecular weight is 568 g/mol. The Hall–Kier alpha value is -3.75. The van der Waals surface area contributed by atoms with Gasteiger partial charge in [-0.25, -0.2) is 14.0 Å². The molecule has 4 rings (SSSR count). The minimum absolute atomic E-state index is 0. The number of piperidine rings is 1. The molecule has 3 aromatic rings. The predicted molar refractivity (Wildman–Crippen MR) is 157 cm³/mol. The predicted octanol–water partition coefficient (Wildman–Crippen LogP) is 7.12. The molecule has 0 bridgehead atoms. The molecule has 40 heavy (non-hydrogen) atoms. The molecule has 0 radical (unpaired) electrons. The number of aromatic carboxylic acids is 1. The molecule has 7 nitrogen and oxygen atoms in total. The van der Waals surface area contributed by atoms with Crippen molar-refractivity contribution in [2.75, 3.05) is 23.7 Å². The third-order valence-corrected chi connectivity index (χ3v) is 7.50. The molecule has 0 saturated carbocycles. The second-order valence-corrected chi connectivity index (χ2v) is 10.2. The van der Waals surface area contributed by atoms with Crippen LogP contribution in [0.3, 0.4) is 0 Å². The zero-order chi connectivity index (χ0) is 28.1. The van der Waals surface area contributed by atoms with Crippen LogP contribution < -0.4 is 10.6 Å². The van der Waals surface area contributed by atoms with E-state index in [0.29, 0.717) is 28.4 Å². The highest BCUT2D eigenvalue weighted by atomic mass is 35.5. The number of carbonyl (C=O) groups excluding carboxylic acids is 2. The number of hydrogen-bond acceptors (Lipinski definition) is 4. The summed E-state index contributed by atoms with van der Waals surface area (Å²) >= 11 is 0. The highest BCUT2D eigenvalue weighted by Gasteiger charge is 2.29. The maximum absolute atomic E-state index is 13.3. The Morgan fingerprint density at radius 3 is 2.33 bits per heavy atom. The van der Waals surface area contributed by atoms with Crippen molar-refractivity contribution >= 4 is 41.6 Å². The van der Waals surface area contributed by atoms with Crippen molar-refractivity contribution in [2.24, 2.45) is 5.92 Å². The molecule has 0 spiro atoms. The standard InChI is InChI=1S/C31H34FN3O4.ClH/c1-19-7-12-27(30(37)38)28(29(19)34-31(39)33-26-6-4-5-24(18-26)21(3)36)20(2)35-15-13-23(14-16-35)17-22-8-10-25(32)11-9-22;/h4-12,18,20,23H,13-17H2,1-3H3,(H,37,38)(H2,33,34,39);1H. The maximum Gasteiger partial charge on any atom is 0.336 e. The Labute approximate surface area is 240 Å². The van der Waals surface area contributed by atoms with Gasteiger partial charge in [0.2, 0.25) is 0 Å². The molecule has 1 aliphatic heterocycles. The summed E-state index contributed by atoms with van der Waals surface area (Å²) in [5.41, 5.74) is 3.99. The molecule has 0 aromatic heterocycles. The Kier molecular flexibility index (Phi) is 10.4. The number of ketones is 1. The van der Waals surface area contributed by atoms with Crippen LogP contribution in [0.5, 0.6) is 0 Å². The summed E-state index contributed by atoms with van der Waals surface area (Å²) in [4.78, 5) is 39.2. The van der Waals surface area contributed by atoms with E-state index >= 15 is 0 Å². The molecular formula is C31H35ClFN3O4. The topological polar surface area (TPSA) is 98.7 Å². The first-order valence-corrected chi connectivity index (χ1v) is 13.2. The van der Waals surface area contributed by atoms with Gasteiger partial charge in [0.05, 0.1) is 11.3 Å². The summed E-state index contributed by atoms with van der Waals surface area (Å²) in [6, 6.07) is 15.8. The first-order chi connectivity index (χ1) is 18.6. The van der Waals surface area contributed by atoms with E-state index in [2.05, 4.69) is 15.5 Å². The molecule has 9 heteroatoms. The van der Waals surface area contributed by atoms with Crippen molar-refractivity contribution in [1.82, 2.24) is 4.90 Å². The monoisotopic (exact) mass is 567 g/mol. The zero-order valence-corrected chi connectivity index (χ0v) is 23.7. The Balaban J connectivity index is 0.00000441. The number of benzene rings is 3. The highest BCUT2D eigenvalue weighted by molar-refractivity contribution is 6.03. The lowest BCUT2D eigenvalue weighted by atomic mass is 9.88. The van der Waals surface area contributed by atoms with Gasteiger partial charge < -0.3 is 15.7 Å². The Morgan fingerprint density at radius 2 is 1.70 bits per heavy atom. The normalized spacial score (nSPS) is 14.6. The van der Waals surface area contributed by atoms with E-state index in [9.17, 15) is 23.9 Å². The van der Waals surface area contributed by atoms with E-state index in [1.807, 2.05) is 26.0 Å². The first-order valence-electron chi connectivity index (χ1n) is 13.2. The number of nitrogens with one attached hydrogen (secondary N) is 2. The lowest BCUT2D eigenvalue weighted by Gasteiger charge is -2.37. The van der Waals surface area contributed by atoms with Gasteiger partial charge in [0, 0.05) is 22.9 Å². The van der Waals surface area contributed by atoms with Crippen LogP contribution in [0.2, 0.25) is 0 Å². The number of carbonyl (C=O) groups is 3. The molecule has 2 amide bonds. The minimum Gasteiger partial charge on any atom is -0.478 e. The summed E-state index contributed by atoms with van der Waals surface area (Å²) in [6.07, 6.45) is 2.75. The number of Topliss-reactive ketones (excluding diaryl/α,β-unsaturated/α-hetero) is 1. The van der Waals surface area contributed by atoms with Crippen molar-refractivity contribution in [1.29, 1.82) is 0 Å². The lowest BCUT2D eigenvalue weighted by molar-refractivity contribution is 0.0690. The number of nitrogens with zero attached hydrogens (tertiary/aromatic N) is 1. The van der Waals surface area contributed by atoms with E-state index < -0.39 is 12.0 Å². The van der Waals surface area contributed by atoms with Gasteiger partial charge >= 0.3 is 12.0 Å². The van der Waals surface area contributed by atoms with Gasteiger partial charge in [-0.05, 0) is 100 Å². The number of aryl methyl sites for hydroxylation is 1. The molecule has 212 valence electrons. The first kappa shape index (κ1) is 30.8. The summed E-state index contributed by atoms with van der Waals surface area (Å²) < 4.78 is 13.3. The van der Waals surface area contributed by atoms with Crippen molar-refractivity contribution in [3.8, 4) is 0 Å². The number of carboxylic acid groups (broad SMARTS) is 1. The van der Waals surface area contributed by atoms with Crippen LogP contribution in [0.15, 0.2) is 60.7 Å². The number of likely N-dealkylation sites (tertiary alicyclic amines) is 1. The average Bonchev–Trinajstić information content (AvgIpc) is 2.91. The van der Waals surface area contributed by atoms with Gasteiger partial charge in [-0.1, -0.05) is 30.3 Å². The number of carboxylic acids is 1. The molecule has 1 heterocycles. The molecule has 0 aliphatic carbocycles. The van der Waals surface area contributed by atoms with E-state index in [1.165, 1.54) is 19.1 Å². The van der Waals surface area contributed by atoms with Crippen LogP contribution in [0, 0.1) is 18.7 Å². The van der Waals surface area contributed by atoms with Crippen LogP contribution in [0.25, 0.3) is 0 Å². The zero-order valence-electron chi connectivity index (χ0n) is 22.9. The largest absolute Gasteiger partial charge is 0.478 e. The van der Waals surface area contributed by atoms with Gasteiger partial charge in [0.25, 0.3) is 0 Å². The van der Waals surface area contributed by atoms with E-state index in [0.717, 1.165) is 43.5 Å². The van der Waals surface area contributed by atoms with E-state index in [-0.39, 0.29) is 35.6 Å². The Bertz CT molecular complexity index is 1370. The summed E-state index contributed by atoms with van der Waals surface area (Å²) in [6.45, 7) is 6.83. The van der Waals surface area contributed by atoms with Crippen molar-refractivity contribution < 1.29 is 23.9 Å². The van der Waals surface area contributed by atoms with Crippen molar-refractivity contribution in [3.63, 3.8) is 0 Å². The maximum atomic E-state index is 13.3. The number of rotatable bonds is 8. The number of amides is 2. The number of hydrogen-bond donors (Lipinski definition) is 3. The second kappa shape index (κ2) is 13.5. The van der Waals surface area contributed by atoms with Crippen molar-refractivity contribution in [2.45, 2.75) is 46.1 Å². The van der Waals surface area contributed by atoms with Gasteiger partial charge in [0.1, 0.15) is 5.82 Å². The fourth-order valence-electron chi connectivity index (χ4n) is 5.29. The highest BCUT2D eigenvalue weighted by Crippen LogP contribution is 2.36. The smallest absolute Gasteiger partial charge is 0.336 e. The quantitative estimate of drug-likeness (QED) is 0.252. The number of urea groups is 1. The van der Waals surface area contributed by atoms with Crippen LogP contribution in [-0.4, -0.2) is 40.9 Å². The van der Waals surface area contributed by atoms with Gasteiger partial charge in [-0.3, -0.25) is 9.69 Å². The summed E-state index contributed by atoms with van der Waals surface area (Å²) in [7, 11) is 0. The third kappa shape index (κ3) is 7.46. The van der Waals surface area contributed by atoms with Gasteiger partial charge in [-0.2, -0.15) is 0 Å². The third-order valence-electron chi connectivity index (χ3n) is 7.50. The van der Waals surface area contributed by atoms with E-state index in [4.69, 9.17) is 0 Å². The summed E-state index contributed by atoms with van der Waals surface area (Å²) in [5.74, 6) is -0.941.